The Bertz CT molecular complexity index is 768. The Morgan fingerprint density at radius 2 is 1.90 bits per heavy atom. The first-order chi connectivity index (χ1) is 9.99. The molecule has 7 heteroatoms. The number of carbonyl (C=O) groups excluding carboxylic acids is 3. The van der Waals surface area contributed by atoms with Crippen LogP contribution >= 0.6 is 0 Å². The summed E-state index contributed by atoms with van der Waals surface area (Å²) in [5, 5.41) is 0. The van der Waals surface area contributed by atoms with Gasteiger partial charge in [0.15, 0.2) is 17.4 Å². The van der Waals surface area contributed by atoms with E-state index in [1.165, 1.54) is 18.4 Å². The molecule has 1 aliphatic heterocycles. The molecule has 1 aliphatic rings. The third-order valence-corrected chi connectivity index (χ3v) is 3.11. The Balaban J connectivity index is 1.98. The summed E-state index contributed by atoms with van der Waals surface area (Å²) in [4.78, 5) is 36.3. The maximum atomic E-state index is 13.3. The Morgan fingerprint density at radius 3 is 2.57 bits per heavy atom. The number of hydrogen-bond donors (Lipinski definition) is 0. The summed E-state index contributed by atoms with van der Waals surface area (Å²) in [7, 11) is 0. The van der Waals surface area contributed by atoms with Gasteiger partial charge in [0.25, 0.3) is 11.7 Å². The lowest BCUT2D eigenvalue weighted by molar-refractivity contribution is -0.114. The lowest BCUT2D eigenvalue weighted by Crippen LogP contribution is -2.34. The molecule has 3 rings (SSSR count). The van der Waals surface area contributed by atoms with Crippen molar-refractivity contribution >= 4 is 23.2 Å². The van der Waals surface area contributed by atoms with Gasteiger partial charge < -0.3 is 4.42 Å². The molecule has 21 heavy (non-hydrogen) atoms. The molecule has 1 aromatic carbocycles. The number of amides is 1. The average Bonchev–Trinajstić information content (AvgIpc) is 3.05. The Kier molecular flexibility index (Phi) is 2.90. The van der Waals surface area contributed by atoms with Crippen LogP contribution in [0.25, 0.3) is 0 Å². The van der Waals surface area contributed by atoms with E-state index in [0.29, 0.717) is 6.07 Å². The number of Topliss-reactive ketones (excluding diaryl/α,β-unsaturated/α-hetero) is 2. The van der Waals surface area contributed by atoms with Crippen molar-refractivity contribution in [2.45, 2.75) is 0 Å². The van der Waals surface area contributed by atoms with Gasteiger partial charge in [0.2, 0.25) is 5.78 Å². The molecule has 1 aromatic heterocycles. The van der Waals surface area contributed by atoms with Crippen LogP contribution in [0.4, 0.5) is 14.5 Å². The van der Waals surface area contributed by atoms with Gasteiger partial charge in [-0.25, -0.2) is 8.78 Å². The molecule has 0 bridgehead atoms. The number of halogens is 2. The highest BCUT2D eigenvalue weighted by Crippen LogP contribution is 2.31. The first kappa shape index (κ1) is 13.2. The van der Waals surface area contributed by atoms with E-state index in [9.17, 15) is 23.2 Å². The van der Waals surface area contributed by atoms with Crippen LogP contribution in [0.3, 0.4) is 0 Å². The third-order valence-electron chi connectivity index (χ3n) is 3.11. The summed E-state index contributed by atoms with van der Waals surface area (Å²) >= 11 is 0. The number of fused-ring (bicyclic) bond motifs is 1. The van der Waals surface area contributed by atoms with Crippen molar-refractivity contribution in [2.24, 2.45) is 0 Å². The molecule has 0 atom stereocenters. The zero-order chi connectivity index (χ0) is 15.1. The fraction of sp³-hybridized carbons (Fsp3) is 0.0714. The number of nitrogens with zero attached hydrogens (tertiary/aromatic N) is 1. The number of rotatable bonds is 3. The van der Waals surface area contributed by atoms with Crippen molar-refractivity contribution in [3.8, 4) is 0 Å². The van der Waals surface area contributed by atoms with Crippen LogP contribution in [-0.4, -0.2) is 24.0 Å². The van der Waals surface area contributed by atoms with Gasteiger partial charge in [-0.1, -0.05) is 0 Å². The van der Waals surface area contributed by atoms with Crippen LogP contribution in [0.15, 0.2) is 34.9 Å². The van der Waals surface area contributed by atoms with E-state index in [1.54, 1.807) is 0 Å². The molecule has 0 radical (unpaired) electrons. The van der Waals surface area contributed by atoms with Gasteiger partial charge in [-0.15, -0.1) is 0 Å². The largest absolute Gasteiger partial charge is 0.461 e. The van der Waals surface area contributed by atoms with Crippen molar-refractivity contribution < 1.29 is 27.6 Å². The Hall–Kier alpha value is -2.83. The molecule has 2 heterocycles. The first-order valence-corrected chi connectivity index (χ1v) is 5.91. The van der Waals surface area contributed by atoms with Crippen molar-refractivity contribution in [3.05, 3.63) is 53.5 Å². The van der Waals surface area contributed by atoms with E-state index < -0.39 is 35.7 Å². The summed E-state index contributed by atoms with van der Waals surface area (Å²) in [6.45, 7) is -0.490. The fourth-order valence-corrected chi connectivity index (χ4v) is 2.10. The molecular weight excluding hydrogens is 284 g/mol. The van der Waals surface area contributed by atoms with Crippen LogP contribution in [0.1, 0.15) is 20.9 Å². The first-order valence-electron chi connectivity index (χ1n) is 5.91. The van der Waals surface area contributed by atoms with E-state index in [0.717, 1.165) is 11.0 Å². The highest BCUT2D eigenvalue weighted by Gasteiger charge is 2.38. The van der Waals surface area contributed by atoms with E-state index in [1.807, 2.05) is 0 Å². The molecular formula is C14H7F2NO4. The Labute approximate surface area is 116 Å². The summed E-state index contributed by atoms with van der Waals surface area (Å²) in [6, 6.07) is 4.27. The van der Waals surface area contributed by atoms with Gasteiger partial charge in [-0.05, 0) is 18.2 Å². The molecule has 0 aliphatic carbocycles. The zero-order valence-electron chi connectivity index (χ0n) is 10.4. The number of ketones is 2. The van der Waals surface area contributed by atoms with Crippen LogP contribution in [0, 0.1) is 11.6 Å². The molecule has 0 unspecified atom stereocenters. The second kappa shape index (κ2) is 4.62. The molecule has 5 nitrogen and oxygen atoms in total. The normalized spacial score (nSPS) is 13.7. The average molecular weight is 291 g/mol. The molecule has 0 spiro atoms. The lowest BCUT2D eigenvalue weighted by Gasteiger charge is -2.14. The maximum Gasteiger partial charge on any atom is 0.299 e. The van der Waals surface area contributed by atoms with Crippen LogP contribution in [-0.2, 0) is 4.79 Å². The number of benzene rings is 1. The summed E-state index contributed by atoms with van der Waals surface area (Å²) < 4.78 is 31.3. The van der Waals surface area contributed by atoms with Crippen LogP contribution < -0.4 is 4.90 Å². The Morgan fingerprint density at radius 1 is 1.19 bits per heavy atom. The van der Waals surface area contributed by atoms with Gasteiger partial charge in [0, 0.05) is 6.07 Å². The standard InChI is InChI=1S/C14H7F2NO4/c15-8-4-7-10(5-9(8)16)17(14(20)13(7)19)6-11(18)12-2-1-3-21-12/h1-5H,6H2. The molecule has 106 valence electrons. The van der Waals surface area contributed by atoms with Crippen molar-refractivity contribution in [1.82, 2.24) is 0 Å². The quantitative estimate of drug-likeness (QED) is 0.640. The zero-order valence-corrected chi connectivity index (χ0v) is 10.4. The molecule has 2 aromatic rings. The number of anilines is 1. The van der Waals surface area contributed by atoms with Crippen molar-refractivity contribution in [3.63, 3.8) is 0 Å². The van der Waals surface area contributed by atoms with Crippen LogP contribution in [0.5, 0.6) is 0 Å². The number of carbonyl (C=O) groups is 3. The molecule has 0 saturated heterocycles. The van der Waals surface area contributed by atoms with Crippen molar-refractivity contribution in [1.29, 1.82) is 0 Å². The van der Waals surface area contributed by atoms with E-state index in [4.69, 9.17) is 4.42 Å². The van der Waals surface area contributed by atoms with Gasteiger partial charge in [-0.2, -0.15) is 0 Å². The van der Waals surface area contributed by atoms with Gasteiger partial charge in [-0.3, -0.25) is 19.3 Å². The number of furan rings is 1. The minimum Gasteiger partial charge on any atom is -0.461 e. The second-order valence-electron chi connectivity index (χ2n) is 4.40. The highest BCUT2D eigenvalue weighted by atomic mass is 19.2. The maximum absolute atomic E-state index is 13.3. The highest BCUT2D eigenvalue weighted by molar-refractivity contribution is 6.52. The molecule has 1 amide bonds. The van der Waals surface area contributed by atoms with E-state index >= 15 is 0 Å². The van der Waals surface area contributed by atoms with Gasteiger partial charge in [0.1, 0.15) is 0 Å². The smallest absolute Gasteiger partial charge is 0.299 e. The van der Waals surface area contributed by atoms with E-state index in [-0.39, 0.29) is 17.0 Å². The molecule has 0 fully saturated rings. The third kappa shape index (κ3) is 2.03. The van der Waals surface area contributed by atoms with Gasteiger partial charge >= 0.3 is 0 Å². The summed E-state index contributed by atoms with van der Waals surface area (Å²) in [5.74, 6) is -4.96. The minimum absolute atomic E-state index is 0.00582. The lowest BCUT2D eigenvalue weighted by atomic mass is 10.1. The topological polar surface area (TPSA) is 67.6 Å². The molecule has 0 N–H and O–H groups in total. The minimum atomic E-state index is -1.23. The monoisotopic (exact) mass is 291 g/mol. The SMILES string of the molecule is O=C(CN1C(=O)C(=O)c2cc(F)c(F)cc21)c1ccco1. The fourth-order valence-electron chi connectivity index (χ4n) is 2.10. The second-order valence-corrected chi connectivity index (χ2v) is 4.40. The summed E-state index contributed by atoms with van der Waals surface area (Å²) in [5.41, 5.74) is -0.380. The number of hydrogen-bond acceptors (Lipinski definition) is 4. The van der Waals surface area contributed by atoms with E-state index in [2.05, 4.69) is 0 Å². The summed E-state index contributed by atoms with van der Waals surface area (Å²) in [6.07, 6.45) is 1.28. The van der Waals surface area contributed by atoms with Crippen molar-refractivity contribution in [2.75, 3.05) is 11.4 Å². The molecule has 0 saturated carbocycles. The van der Waals surface area contributed by atoms with Gasteiger partial charge in [0.05, 0.1) is 24.1 Å². The predicted molar refractivity (Wildman–Crippen MR) is 66.1 cm³/mol. The van der Waals surface area contributed by atoms with Crippen LogP contribution in [0.2, 0.25) is 0 Å². The predicted octanol–water partition coefficient (Wildman–Crippen LogP) is 1.97.